The van der Waals surface area contributed by atoms with E-state index in [-0.39, 0.29) is 11.7 Å². The summed E-state index contributed by atoms with van der Waals surface area (Å²) in [6.07, 6.45) is 1.67. The van der Waals surface area contributed by atoms with Gasteiger partial charge in [-0.3, -0.25) is 9.69 Å². The van der Waals surface area contributed by atoms with Gasteiger partial charge in [0.25, 0.3) is 5.91 Å². The molecule has 0 spiro atoms. The Balaban J connectivity index is 1.55. The fraction of sp³-hybridized carbons (Fsp3) is 0.0909. The maximum absolute atomic E-state index is 13.1. The van der Waals surface area contributed by atoms with Crippen LogP contribution < -0.4 is 9.64 Å². The molecule has 2 heterocycles. The monoisotopic (exact) mass is 425 g/mol. The van der Waals surface area contributed by atoms with Crippen LogP contribution in [0.3, 0.4) is 0 Å². The van der Waals surface area contributed by atoms with Crippen LogP contribution in [0.2, 0.25) is 0 Å². The van der Waals surface area contributed by atoms with E-state index < -0.39 is 0 Å². The van der Waals surface area contributed by atoms with Crippen LogP contribution in [0.25, 0.3) is 17.4 Å². The van der Waals surface area contributed by atoms with Gasteiger partial charge in [-0.05, 0) is 67.6 Å². The molecule has 29 heavy (non-hydrogen) atoms. The first-order valence-electron chi connectivity index (χ1n) is 8.92. The van der Waals surface area contributed by atoms with Crippen LogP contribution in [0, 0.1) is 5.82 Å². The van der Waals surface area contributed by atoms with E-state index >= 15 is 0 Å². The largest absolute Gasteiger partial charge is 0.494 e. The number of thioether (sulfide) groups is 1. The molecule has 0 saturated carbocycles. The van der Waals surface area contributed by atoms with Crippen molar-refractivity contribution in [3.63, 3.8) is 0 Å². The molecule has 1 fully saturated rings. The van der Waals surface area contributed by atoms with E-state index in [1.165, 1.54) is 28.8 Å². The molecular weight excluding hydrogens is 409 g/mol. The van der Waals surface area contributed by atoms with E-state index in [9.17, 15) is 9.18 Å². The maximum atomic E-state index is 13.1. The minimum atomic E-state index is -0.307. The van der Waals surface area contributed by atoms with Gasteiger partial charge in [-0.1, -0.05) is 24.0 Å². The van der Waals surface area contributed by atoms with Crippen LogP contribution in [-0.4, -0.2) is 16.8 Å². The van der Waals surface area contributed by atoms with Crippen molar-refractivity contribution in [3.05, 3.63) is 77.1 Å². The minimum absolute atomic E-state index is 0.205. The predicted molar refractivity (Wildman–Crippen MR) is 117 cm³/mol. The molecule has 1 aliphatic heterocycles. The predicted octanol–water partition coefficient (Wildman–Crippen LogP) is 5.89. The number of halogens is 1. The van der Waals surface area contributed by atoms with Crippen molar-refractivity contribution in [2.24, 2.45) is 0 Å². The second-order valence-corrected chi connectivity index (χ2v) is 7.83. The van der Waals surface area contributed by atoms with Gasteiger partial charge in [0.1, 0.15) is 23.1 Å². The number of hydrogen-bond acceptors (Lipinski definition) is 5. The lowest BCUT2D eigenvalue weighted by Gasteiger charge is -2.15. The number of furan rings is 1. The summed E-state index contributed by atoms with van der Waals surface area (Å²) in [5, 5.41) is 0. The first kappa shape index (κ1) is 19.4. The Hall–Kier alpha value is -2.90. The molecule has 0 N–H and O–H groups in total. The molecule has 1 aromatic heterocycles. The maximum Gasteiger partial charge on any atom is 0.270 e. The van der Waals surface area contributed by atoms with Crippen molar-refractivity contribution < 1.29 is 18.3 Å². The van der Waals surface area contributed by atoms with Gasteiger partial charge in [0.15, 0.2) is 4.32 Å². The fourth-order valence-corrected chi connectivity index (χ4v) is 4.16. The Morgan fingerprint density at radius 1 is 1.10 bits per heavy atom. The zero-order valence-electron chi connectivity index (χ0n) is 15.4. The number of anilines is 1. The Labute approximate surface area is 177 Å². The highest BCUT2D eigenvalue weighted by molar-refractivity contribution is 8.27. The second kappa shape index (κ2) is 8.23. The van der Waals surface area contributed by atoms with Gasteiger partial charge in [-0.25, -0.2) is 4.39 Å². The number of amides is 1. The molecule has 0 bridgehead atoms. The summed E-state index contributed by atoms with van der Waals surface area (Å²) in [5.74, 6) is 1.35. The van der Waals surface area contributed by atoms with Crippen LogP contribution in [0.5, 0.6) is 5.75 Å². The van der Waals surface area contributed by atoms with Gasteiger partial charge in [0.2, 0.25) is 0 Å². The highest BCUT2D eigenvalue weighted by Crippen LogP contribution is 2.37. The van der Waals surface area contributed by atoms with Gasteiger partial charge in [0.05, 0.1) is 17.2 Å². The van der Waals surface area contributed by atoms with Crippen LogP contribution in [-0.2, 0) is 4.79 Å². The average Bonchev–Trinajstić information content (AvgIpc) is 3.28. The number of hydrogen-bond donors (Lipinski definition) is 0. The number of benzene rings is 2. The van der Waals surface area contributed by atoms with E-state index in [2.05, 4.69) is 0 Å². The van der Waals surface area contributed by atoms with Crippen molar-refractivity contribution in [2.75, 3.05) is 11.5 Å². The Kier molecular flexibility index (Phi) is 5.51. The van der Waals surface area contributed by atoms with Crippen molar-refractivity contribution in [1.29, 1.82) is 0 Å². The van der Waals surface area contributed by atoms with Crippen molar-refractivity contribution in [3.8, 4) is 17.1 Å². The molecule has 0 aliphatic carbocycles. The number of thiocarbonyl (C=S) groups is 1. The molecule has 1 aliphatic rings. The lowest BCUT2D eigenvalue weighted by Crippen LogP contribution is -2.27. The van der Waals surface area contributed by atoms with Gasteiger partial charge in [0, 0.05) is 11.6 Å². The van der Waals surface area contributed by atoms with Crippen molar-refractivity contribution in [1.82, 2.24) is 0 Å². The molecule has 2 aromatic carbocycles. The molecule has 3 aromatic rings. The third-order valence-corrected chi connectivity index (χ3v) is 5.53. The molecule has 1 saturated heterocycles. The SMILES string of the molecule is CCOc1ccc(N2C(=O)/C(=C/c3ccc(-c4ccc(F)cc4)o3)SC2=S)cc1. The molecule has 4 nitrogen and oxygen atoms in total. The minimum Gasteiger partial charge on any atom is -0.494 e. The summed E-state index contributed by atoms with van der Waals surface area (Å²) in [6, 6.07) is 16.8. The zero-order valence-corrected chi connectivity index (χ0v) is 17.1. The lowest BCUT2D eigenvalue weighted by atomic mass is 10.2. The highest BCUT2D eigenvalue weighted by Gasteiger charge is 2.33. The van der Waals surface area contributed by atoms with Gasteiger partial charge >= 0.3 is 0 Å². The number of rotatable bonds is 5. The first-order chi connectivity index (χ1) is 14.0. The highest BCUT2D eigenvalue weighted by atomic mass is 32.2. The Bertz CT molecular complexity index is 1090. The number of nitrogens with zero attached hydrogens (tertiary/aromatic N) is 1. The van der Waals surface area contributed by atoms with Crippen LogP contribution in [0.4, 0.5) is 10.1 Å². The lowest BCUT2D eigenvalue weighted by molar-refractivity contribution is -0.113. The molecule has 4 rings (SSSR count). The number of carbonyl (C=O) groups excluding carboxylic acids is 1. The molecule has 146 valence electrons. The third-order valence-electron chi connectivity index (χ3n) is 4.23. The summed E-state index contributed by atoms with van der Waals surface area (Å²) in [6.45, 7) is 2.49. The van der Waals surface area contributed by atoms with Crippen LogP contribution in [0.15, 0.2) is 70.0 Å². The Morgan fingerprint density at radius 3 is 2.52 bits per heavy atom. The van der Waals surface area contributed by atoms with E-state index in [4.69, 9.17) is 21.4 Å². The average molecular weight is 426 g/mol. The van der Waals surface area contributed by atoms with E-state index in [0.29, 0.717) is 33.0 Å². The van der Waals surface area contributed by atoms with Crippen molar-refractivity contribution >= 4 is 46.0 Å². The van der Waals surface area contributed by atoms with E-state index in [0.717, 1.165) is 11.3 Å². The number of ether oxygens (including phenoxy) is 1. The summed E-state index contributed by atoms with van der Waals surface area (Å²) in [5.41, 5.74) is 1.44. The van der Waals surface area contributed by atoms with Gasteiger partial charge in [-0.15, -0.1) is 0 Å². The number of carbonyl (C=O) groups is 1. The second-order valence-electron chi connectivity index (χ2n) is 6.15. The summed E-state index contributed by atoms with van der Waals surface area (Å²) < 4.78 is 24.8. The normalized spacial score (nSPS) is 15.4. The summed E-state index contributed by atoms with van der Waals surface area (Å²) in [7, 11) is 0. The van der Waals surface area contributed by atoms with E-state index in [1.54, 1.807) is 42.5 Å². The molecule has 7 heteroatoms. The van der Waals surface area contributed by atoms with Gasteiger partial charge < -0.3 is 9.15 Å². The standard InChI is InChI=1S/C22H16FNO3S2/c1-2-26-17-9-7-16(8-10-17)24-21(25)20(29-22(24)28)13-18-11-12-19(27-18)14-3-5-15(23)6-4-14/h3-13H,2H2,1H3/b20-13-. The fourth-order valence-electron chi connectivity index (χ4n) is 2.88. The van der Waals surface area contributed by atoms with Crippen LogP contribution in [0.1, 0.15) is 12.7 Å². The van der Waals surface area contributed by atoms with E-state index in [1.807, 2.05) is 19.1 Å². The van der Waals surface area contributed by atoms with Crippen LogP contribution >= 0.6 is 24.0 Å². The van der Waals surface area contributed by atoms with Gasteiger partial charge in [-0.2, -0.15) is 0 Å². The molecule has 1 amide bonds. The molecule has 0 atom stereocenters. The Morgan fingerprint density at radius 2 is 1.83 bits per heavy atom. The topological polar surface area (TPSA) is 42.7 Å². The molecule has 0 radical (unpaired) electrons. The zero-order chi connectivity index (χ0) is 20.4. The third kappa shape index (κ3) is 4.11. The van der Waals surface area contributed by atoms with Crippen molar-refractivity contribution in [2.45, 2.75) is 6.92 Å². The first-order valence-corrected chi connectivity index (χ1v) is 10.1. The summed E-state index contributed by atoms with van der Waals surface area (Å²) in [4.78, 5) is 14.8. The molecule has 0 unspecified atom stereocenters. The summed E-state index contributed by atoms with van der Waals surface area (Å²) >= 11 is 6.62. The quantitative estimate of drug-likeness (QED) is 0.377. The molecular formula is C22H16FNO3S2. The smallest absolute Gasteiger partial charge is 0.270 e.